The average Bonchev–Trinajstić information content (AvgIpc) is 2.61. The lowest BCUT2D eigenvalue weighted by Gasteiger charge is -2.16. The van der Waals surface area contributed by atoms with Crippen molar-refractivity contribution < 1.29 is 9.69 Å². The van der Waals surface area contributed by atoms with Gasteiger partial charge in [-0.2, -0.15) is 0 Å². The summed E-state index contributed by atoms with van der Waals surface area (Å²) in [5, 5.41) is 3.83. The van der Waals surface area contributed by atoms with Crippen molar-refractivity contribution in [3.63, 3.8) is 0 Å². The fourth-order valence-electron chi connectivity index (χ4n) is 2.63. The molecule has 0 fully saturated rings. The van der Waals surface area contributed by atoms with E-state index in [-0.39, 0.29) is 16.7 Å². The maximum absolute atomic E-state index is 13.0. The number of rotatable bonds is 9. The Hall–Kier alpha value is -1.86. The molecule has 1 aromatic heterocycles. The summed E-state index contributed by atoms with van der Waals surface area (Å²) in [6, 6.07) is 7.38. The molecule has 2 rings (SSSR count). The SMILES string of the molecule is CCCNC(=O)[C@H](C)Sc1nc2ccccc2c(=O)n1CCC[NH+](C)C. The van der Waals surface area contributed by atoms with Crippen LogP contribution in [-0.4, -0.2) is 47.9 Å². The van der Waals surface area contributed by atoms with Crippen molar-refractivity contribution in [3.8, 4) is 0 Å². The molecule has 0 bridgehead atoms. The zero-order valence-electron chi connectivity index (χ0n) is 16.0. The minimum Gasteiger partial charge on any atom is -0.355 e. The zero-order valence-corrected chi connectivity index (χ0v) is 16.9. The van der Waals surface area contributed by atoms with E-state index in [4.69, 9.17) is 0 Å². The topological polar surface area (TPSA) is 68.4 Å². The summed E-state index contributed by atoms with van der Waals surface area (Å²) in [5.41, 5.74) is 0.642. The molecule has 142 valence electrons. The third-order valence-electron chi connectivity index (χ3n) is 4.09. The summed E-state index contributed by atoms with van der Waals surface area (Å²) in [4.78, 5) is 31.2. The van der Waals surface area contributed by atoms with Gasteiger partial charge in [0.1, 0.15) is 0 Å². The molecule has 1 atom stereocenters. The minimum absolute atomic E-state index is 0.0245. The van der Waals surface area contributed by atoms with Crippen molar-refractivity contribution in [2.75, 3.05) is 27.2 Å². The molecule has 6 nitrogen and oxygen atoms in total. The van der Waals surface area contributed by atoms with Crippen molar-refractivity contribution in [1.29, 1.82) is 0 Å². The highest BCUT2D eigenvalue weighted by molar-refractivity contribution is 8.00. The second-order valence-corrected chi connectivity index (χ2v) is 8.04. The van der Waals surface area contributed by atoms with Gasteiger partial charge in [0.15, 0.2) is 5.16 Å². The van der Waals surface area contributed by atoms with Gasteiger partial charge in [-0.25, -0.2) is 4.98 Å². The summed E-state index contributed by atoms with van der Waals surface area (Å²) >= 11 is 1.35. The van der Waals surface area contributed by atoms with Gasteiger partial charge < -0.3 is 10.2 Å². The van der Waals surface area contributed by atoms with Gasteiger partial charge in [0.05, 0.1) is 36.8 Å². The Morgan fingerprint density at radius 1 is 1.35 bits per heavy atom. The first-order chi connectivity index (χ1) is 12.4. The third-order valence-corrected chi connectivity index (χ3v) is 5.18. The summed E-state index contributed by atoms with van der Waals surface area (Å²) in [6.07, 6.45) is 1.78. The van der Waals surface area contributed by atoms with E-state index in [0.29, 0.717) is 29.1 Å². The molecule has 7 heteroatoms. The quantitative estimate of drug-likeness (QED) is 0.504. The number of hydrogen-bond acceptors (Lipinski definition) is 4. The predicted octanol–water partition coefficient (Wildman–Crippen LogP) is 0.938. The maximum atomic E-state index is 13.0. The van der Waals surface area contributed by atoms with E-state index in [9.17, 15) is 9.59 Å². The number of aromatic nitrogens is 2. The average molecular weight is 378 g/mol. The number of nitrogens with one attached hydrogen (secondary N) is 2. The van der Waals surface area contributed by atoms with E-state index in [1.165, 1.54) is 16.7 Å². The van der Waals surface area contributed by atoms with Crippen LogP contribution in [0.1, 0.15) is 26.7 Å². The predicted molar refractivity (Wildman–Crippen MR) is 107 cm³/mol. The molecule has 1 aromatic carbocycles. The van der Waals surface area contributed by atoms with Crippen molar-refractivity contribution in [1.82, 2.24) is 14.9 Å². The number of quaternary nitrogens is 1. The lowest BCUT2D eigenvalue weighted by atomic mass is 10.2. The number of benzene rings is 1. The highest BCUT2D eigenvalue weighted by atomic mass is 32.2. The molecule has 0 aliphatic carbocycles. The van der Waals surface area contributed by atoms with E-state index in [2.05, 4.69) is 24.4 Å². The number of fused-ring (bicyclic) bond motifs is 1. The lowest BCUT2D eigenvalue weighted by molar-refractivity contribution is -0.858. The molecule has 0 spiro atoms. The van der Waals surface area contributed by atoms with Gasteiger partial charge in [-0.3, -0.25) is 14.2 Å². The molecule has 0 saturated carbocycles. The fourth-order valence-corrected chi connectivity index (χ4v) is 3.59. The number of hydrogen-bond donors (Lipinski definition) is 2. The molecule has 1 amide bonds. The standard InChI is InChI=1S/C19H28N4O2S/c1-5-11-20-17(24)14(2)26-19-21-16-10-7-6-9-15(16)18(25)23(19)13-8-12-22(3)4/h6-7,9-10,14H,5,8,11-13H2,1-4H3,(H,20,24)/p+1/t14-/m0/s1. The van der Waals surface area contributed by atoms with Crippen LogP contribution in [0, 0.1) is 0 Å². The van der Waals surface area contributed by atoms with Crippen molar-refractivity contribution in [2.24, 2.45) is 0 Å². The summed E-state index contributed by atoms with van der Waals surface area (Å²) < 4.78 is 1.72. The molecule has 0 unspecified atom stereocenters. The molecule has 1 heterocycles. The van der Waals surface area contributed by atoms with Crippen LogP contribution < -0.4 is 15.8 Å². The van der Waals surface area contributed by atoms with Gasteiger partial charge in [-0.05, 0) is 25.5 Å². The molecular formula is C19H29N4O2S+. The molecule has 2 N–H and O–H groups in total. The van der Waals surface area contributed by atoms with Crippen LogP contribution in [0.2, 0.25) is 0 Å². The number of amides is 1. The van der Waals surface area contributed by atoms with Crippen LogP contribution in [0.5, 0.6) is 0 Å². The van der Waals surface area contributed by atoms with Crippen LogP contribution in [0.3, 0.4) is 0 Å². The van der Waals surface area contributed by atoms with Crippen molar-refractivity contribution >= 4 is 28.6 Å². The molecule has 0 aliphatic heterocycles. The minimum atomic E-state index is -0.305. The monoisotopic (exact) mass is 377 g/mol. The van der Waals surface area contributed by atoms with Crippen LogP contribution in [0.4, 0.5) is 0 Å². The Morgan fingerprint density at radius 2 is 2.08 bits per heavy atom. The van der Waals surface area contributed by atoms with Crippen LogP contribution in [0.15, 0.2) is 34.2 Å². The molecule has 0 aliphatic rings. The first kappa shape index (κ1) is 20.5. The lowest BCUT2D eigenvalue weighted by Crippen LogP contribution is -3.05. The number of para-hydroxylation sites is 1. The fraction of sp³-hybridized carbons (Fsp3) is 0.526. The highest BCUT2D eigenvalue weighted by Crippen LogP contribution is 2.22. The molecule has 0 radical (unpaired) electrons. The van der Waals surface area contributed by atoms with Gasteiger partial charge in [0, 0.05) is 19.5 Å². The number of carbonyl (C=O) groups is 1. The van der Waals surface area contributed by atoms with Crippen LogP contribution in [-0.2, 0) is 11.3 Å². The van der Waals surface area contributed by atoms with E-state index < -0.39 is 0 Å². The number of thioether (sulfide) groups is 1. The van der Waals surface area contributed by atoms with Gasteiger partial charge >= 0.3 is 0 Å². The van der Waals surface area contributed by atoms with Gasteiger partial charge in [-0.15, -0.1) is 0 Å². The Balaban J connectivity index is 2.32. The molecule has 0 saturated heterocycles. The maximum Gasteiger partial charge on any atom is 0.262 e. The summed E-state index contributed by atoms with van der Waals surface area (Å²) in [6.45, 7) is 6.11. The van der Waals surface area contributed by atoms with Gasteiger partial charge in [-0.1, -0.05) is 30.8 Å². The van der Waals surface area contributed by atoms with Crippen molar-refractivity contribution in [2.45, 2.75) is 43.6 Å². The largest absolute Gasteiger partial charge is 0.355 e. The van der Waals surface area contributed by atoms with Gasteiger partial charge in [0.2, 0.25) is 5.91 Å². The van der Waals surface area contributed by atoms with Crippen LogP contribution in [0.25, 0.3) is 10.9 Å². The molecule has 2 aromatic rings. The van der Waals surface area contributed by atoms with Gasteiger partial charge in [0.25, 0.3) is 5.56 Å². The van der Waals surface area contributed by atoms with E-state index >= 15 is 0 Å². The van der Waals surface area contributed by atoms with E-state index in [1.807, 2.05) is 38.1 Å². The van der Waals surface area contributed by atoms with E-state index in [0.717, 1.165) is 19.4 Å². The number of nitrogens with zero attached hydrogens (tertiary/aromatic N) is 2. The highest BCUT2D eigenvalue weighted by Gasteiger charge is 2.19. The Labute approximate surface area is 159 Å². The Morgan fingerprint density at radius 3 is 2.77 bits per heavy atom. The summed E-state index contributed by atoms with van der Waals surface area (Å²) in [7, 11) is 4.19. The molecule has 26 heavy (non-hydrogen) atoms. The Bertz CT molecular complexity index is 804. The van der Waals surface area contributed by atoms with Crippen molar-refractivity contribution in [3.05, 3.63) is 34.6 Å². The normalized spacial score (nSPS) is 12.5. The third kappa shape index (κ3) is 5.32. The molecular weight excluding hydrogens is 348 g/mol. The second kappa shape index (κ2) is 9.73. The smallest absolute Gasteiger partial charge is 0.262 e. The first-order valence-electron chi connectivity index (χ1n) is 9.17. The summed E-state index contributed by atoms with van der Waals surface area (Å²) in [5.74, 6) is -0.0245. The second-order valence-electron chi connectivity index (χ2n) is 6.73. The van der Waals surface area contributed by atoms with E-state index in [1.54, 1.807) is 4.57 Å². The van der Waals surface area contributed by atoms with Crippen LogP contribution >= 0.6 is 11.8 Å². The Kier molecular flexibility index (Phi) is 7.66. The zero-order chi connectivity index (χ0) is 19.1. The first-order valence-corrected chi connectivity index (χ1v) is 10.0. The number of carbonyl (C=O) groups excluding carboxylic acids is 1.